The van der Waals surface area contributed by atoms with Crippen molar-refractivity contribution in [3.05, 3.63) is 118 Å². The van der Waals surface area contributed by atoms with E-state index >= 15 is 4.39 Å². The van der Waals surface area contributed by atoms with Crippen molar-refractivity contribution in [2.75, 3.05) is 74.0 Å². The number of aromatic amines is 3. The van der Waals surface area contributed by atoms with Crippen LogP contribution in [0.3, 0.4) is 0 Å². The molecule has 9 fully saturated rings. The van der Waals surface area contributed by atoms with Gasteiger partial charge in [-0.05, 0) is 89.4 Å². The first-order valence-electron chi connectivity index (χ1n) is 39.5. The number of fused-ring (bicyclic) bond motifs is 15. The average Bonchev–Trinajstić information content (AvgIpc) is 1.58. The van der Waals surface area contributed by atoms with Gasteiger partial charge < -0.3 is 138 Å². The van der Waals surface area contributed by atoms with Crippen LogP contribution >= 0.6 is 52.6 Å². The minimum atomic E-state index is -4.45. The number of nitrogen functional groups attached to an aromatic ring is 6. The van der Waals surface area contributed by atoms with Crippen LogP contribution in [-0.4, -0.2) is 246 Å². The zero-order valence-electron chi connectivity index (χ0n) is 67.5. The number of aromatic nitrogens is 19. The maximum absolute atomic E-state index is 16.0. The Bertz CT molecular complexity index is 6870. The molecule has 0 saturated carbocycles. The quantitative estimate of drug-likeness (QED) is 0.0646. The lowest BCUT2D eigenvalue weighted by Crippen LogP contribution is -2.47. The maximum Gasteiger partial charge on any atom is 0.386 e. The van der Waals surface area contributed by atoms with Crippen molar-refractivity contribution in [1.29, 1.82) is 0 Å². The van der Waals surface area contributed by atoms with Gasteiger partial charge in [-0.3, -0.25) is 65.7 Å². The van der Waals surface area contributed by atoms with E-state index in [-0.39, 0.29) is 109 Å². The molecule has 6 bridgehead atoms. The van der Waals surface area contributed by atoms with Crippen LogP contribution in [-0.2, 0) is 146 Å². The largest absolute Gasteiger partial charge is 0.398 e. The molecule has 0 aromatic carbocycles. The SMILES string of the molecule is C#C[C@@]12COP(O)(=S)O[C@@H]3[C@@H](F)[C@@H](COP(O)(=S)O[C@H]1[C@@H](O)[C@H](n1cnc4c(N)ccnc41)O2)O[C@H]3n1cnc2c(=O)[nH]c(N)nc21.Nc1nc2c(ncn2[C@@H]2O[C@@H]3COP(O)(=S)O[C@H]4C[C@H](n5ccc6c(N)ccnc65)OC4COP(=O)(S)O[C@@H]2C3)c(=O)[nH]1.Nc1nc2c(ncn2[C@@H]2O[C@@H]3COP(O)(=S)O[C@H]4C[C@H](n5ccc6c(N)ccnc65)OC4COP(O)(=S)O[C@@H]2C3)c(=O)[nH]1. The minimum Gasteiger partial charge on any atom is -0.398 e. The van der Waals surface area contributed by atoms with Crippen LogP contribution in [0.4, 0.5) is 39.3 Å². The lowest BCUT2D eigenvalue weighted by atomic mass is 9.97. The highest BCUT2D eigenvalue weighted by atomic mass is 32.7. The molecule has 21 N–H and O–H groups in total. The molecule has 710 valence electrons. The van der Waals surface area contributed by atoms with Crippen molar-refractivity contribution in [2.24, 2.45) is 0 Å². The molecule has 66 heteroatoms. The second-order valence-corrected chi connectivity index (χ2v) is 47.9. The van der Waals surface area contributed by atoms with Crippen LogP contribution < -0.4 is 51.1 Å². The zero-order valence-corrected chi connectivity index (χ0v) is 77.9. The van der Waals surface area contributed by atoms with E-state index in [4.69, 9.17) is 183 Å². The van der Waals surface area contributed by atoms with E-state index in [1.54, 1.807) is 46.1 Å². The van der Waals surface area contributed by atoms with E-state index in [0.717, 1.165) is 21.7 Å². The molecule has 26 atom stereocenters. The lowest BCUT2D eigenvalue weighted by Gasteiger charge is -2.33. The van der Waals surface area contributed by atoms with Crippen LogP contribution in [0, 0.1) is 12.3 Å². The van der Waals surface area contributed by atoms with E-state index < -0.39 is 193 Å². The third kappa shape index (κ3) is 18.9. The van der Waals surface area contributed by atoms with E-state index in [0.29, 0.717) is 33.9 Å². The molecule has 0 aliphatic carbocycles. The molecule has 0 spiro atoms. The number of aliphatic hydroxyl groups excluding tert-OH is 1. The summed E-state index contributed by atoms with van der Waals surface area (Å²) >= 11 is 30.7. The summed E-state index contributed by atoms with van der Waals surface area (Å²) in [6, 6.07) is 8.56. The molecule has 0 radical (unpaired) electrons. The second kappa shape index (κ2) is 36.2. The number of anilines is 6. The molecule has 53 nitrogen and oxygen atoms in total. The number of nitrogens with two attached hydrogens (primary N) is 6. The highest BCUT2D eigenvalue weighted by Gasteiger charge is 2.61. The van der Waals surface area contributed by atoms with Crippen molar-refractivity contribution in [2.45, 2.75) is 148 Å². The highest BCUT2D eigenvalue weighted by Crippen LogP contribution is 2.61. The summed E-state index contributed by atoms with van der Waals surface area (Å²) < 4.78 is 144. The molecule has 9 saturated heterocycles. The third-order valence-corrected chi connectivity index (χ3v) is 32.0. The van der Waals surface area contributed by atoms with Crippen LogP contribution in [0.2, 0.25) is 0 Å². The minimum absolute atomic E-state index is 0.0163. The van der Waals surface area contributed by atoms with E-state index in [9.17, 15) is 48.5 Å². The Kier molecular flexibility index (Phi) is 25.6. The Morgan fingerprint density at radius 1 is 0.451 bits per heavy atom. The Morgan fingerprint density at radius 3 is 1.35 bits per heavy atom. The maximum atomic E-state index is 16.0. The molecule has 12 aromatic heterocycles. The molecule has 9 aliphatic heterocycles. The third-order valence-electron chi connectivity index (χ3n) is 22.5. The molecule has 133 heavy (non-hydrogen) atoms. The van der Waals surface area contributed by atoms with Gasteiger partial charge in [0, 0.05) is 78.8 Å². The number of aliphatic hydroxyl groups is 1. The summed E-state index contributed by atoms with van der Waals surface area (Å²) in [4.78, 5) is 141. The number of pyridine rings is 3. The van der Waals surface area contributed by atoms with Crippen molar-refractivity contribution in [3.8, 4) is 12.3 Å². The molecular formula is C67H76FN25O28P6S6. The Labute approximate surface area is 774 Å². The zero-order chi connectivity index (χ0) is 93.7. The summed E-state index contributed by atoms with van der Waals surface area (Å²) in [6.45, 7) is -26.8. The standard InChI is InChI=1S/C23H24FN9O10P2S2.2C22H26N8O9P2S2/c1-2-23-6-39-45(37,47)42-15-11(24)10(40-21(15)33-8-29-13-18(33)30-22(26)31-19(13)35)5-38-44(36,46)43-16(23)14(34)20(41-23)32-7-28-12-9(25)3-4-27-17(12)32;2*23-12-1-3-25-18-11(12)2-4-29(18)16-6-13-15(37-16)8-35-41(33,43)39-14-5-10(7-34-40(32,42)38-13)36-21(14)30-9-26-17-19(30)27-22(24)28-20(17)31/h1,3-4,7-8,10-11,14-16,20-21,34H,5-6H2,(H2,25,27)(H,36,46)(H,37,47)(H3,26,30,31,35);2*1-4,9-10,13-16,21H,5-8H2,(H2,23,25)(H,32,42)(H,33,43)(H3,24,27,28,31)/t10-,11+,14-,15-,16+,20-,21-,23-,44?,45?;2*10-,13-,14+,15?,16+,21+,40?,41?/m100/s1. The lowest BCUT2D eigenvalue weighted by molar-refractivity contribution is -0.0912. The predicted molar refractivity (Wildman–Crippen MR) is 483 cm³/mol. The first-order valence-corrected chi connectivity index (χ1v) is 55.2. The summed E-state index contributed by atoms with van der Waals surface area (Å²) in [5.74, 6) is 1.83. The van der Waals surface area contributed by atoms with Crippen LogP contribution in [0.25, 0.3) is 66.7 Å². The number of H-pyrrole nitrogens is 3. The molecule has 9 aliphatic rings. The first kappa shape index (κ1) is 94.2. The first-order chi connectivity index (χ1) is 63.1. The molecule has 21 rings (SSSR count). The Morgan fingerprint density at radius 2 is 0.857 bits per heavy atom. The van der Waals surface area contributed by atoms with Crippen LogP contribution in [0.5, 0.6) is 0 Å². The van der Waals surface area contributed by atoms with Gasteiger partial charge in [0.15, 0.2) is 75.8 Å². The summed E-state index contributed by atoms with van der Waals surface area (Å²) in [5, 5.41) is 13.0. The van der Waals surface area contributed by atoms with Crippen molar-refractivity contribution < 1.29 is 121 Å². The number of alkyl halides is 1. The molecule has 8 unspecified atom stereocenters. The summed E-state index contributed by atoms with van der Waals surface area (Å²) in [5.41, 5.74) is 34.7. The molecule has 12 aromatic rings. The van der Waals surface area contributed by atoms with Gasteiger partial charge in [-0.2, -0.15) is 15.0 Å². The van der Waals surface area contributed by atoms with Gasteiger partial charge in [0.05, 0.1) is 95.1 Å². The van der Waals surface area contributed by atoms with E-state index in [1.807, 2.05) is 12.1 Å². The Balaban J connectivity index is 0.000000129. The molecule has 0 amide bonds. The number of thiol groups is 1. The van der Waals surface area contributed by atoms with Crippen molar-refractivity contribution in [1.82, 2.24) is 92.2 Å². The van der Waals surface area contributed by atoms with Gasteiger partial charge in [-0.1, -0.05) is 18.2 Å². The number of ether oxygens (including phenoxy) is 6. The van der Waals surface area contributed by atoms with Gasteiger partial charge in [0.25, 0.3) is 16.7 Å². The Hall–Kier alpha value is -7.79. The number of hydrogen-bond acceptors (Lipinski definition) is 44. The molecule has 21 heterocycles. The fourth-order valence-electron chi connectivity index (χ4n) is 16.5. The normalized spacial score (nSPS) is 36.3. The smallest absolute Gasteiger partial charge is 0.386 e. The van der Waals surface area contributed by atoms with Crippen LogP contribution in [0.1, 0.15) is 63.1 Å². The number of imidazole rings is 4. The highest BCUT2D eigenvalue weighted by molar-refractivity contribution is 8.44. The monoisotopic (exact) mass is 2080 g/mol. The van der Waals surface area contributed by atoms with Gasteiger partial charge in [0.1, 0.15) is 78.1 Å². The average molecular weight is 2080 g/mol. The second-order valence-electron chi connectivity index (χ2n) is 31.0. The van der Waals surface area contributed by atoms with Crippen molar-refractivity contribution >= 4 is 213 Å². The summed E-state index contributed by atoms with van der Waals surface area (Å²) in [7, 11) is 0. The fraction of sp³-hybridized carbons (Fsp3) is 0.448. The topological polar surface area (TPSA) is 718 Å². The van der Waals surface area contributed by atoms with E-state index in [2.05, 4.69) is 83.0 Å². The number of rotatable bonds is 6. The number of hydrogen-bond donors (Lipinski definition) is 16. The number of terminal acetylenes is 1. The van der Waals surface area contributed by atoms with Gasteiger partial charge >= 0.3 is 40.4 Å². The van der Waals surface area contributed by atoms with Gasteiger partial charge in [-0.15, -0.1) is 6.42 Å². The van der Waals surface area contributed by atoms with Gasteiger partial charge in [0.2, 0.25) is 17.8 Å². The van der Waals surface area contributed by atoms with Crippen LogP contribution in [0.15, 0.2) is 101 Å². The van der Waals surface area contributed by atoms with E-state index in [1.165, 1.54) is 44.9 Å². The van der Waals surface area contributed by atoms with Gasteiger partial charge in [-0.25, -0.2) is 43.8 Å². The summed E-state index contributed by atoms with van der Waals surface area (Å²) in [6.07, 6.45) is -1.17. The fourth-order valence-corrected chi connectivity index (χ4v) is 25.3. The molecular weight excluding hydrogens is 2000 g/mol. The van der Waals surface area contributed by atoms with Crippen molar-refractivity contribution in [3.63, 3.8) is 0 Å². The number of nitrogens with one attached hydrogen (secondary N) is 3. The number of halogens is 1. The number of nitrogens with zero attached hydrogens (tertiary/aromatic N) is 16. The predicted octanol–water partition coefficient (Wildman–Crippen LogP) is 2.62.